The summed E-state index contributed by atoms with van der Waals surface area (Å²) in [5.41, 5.74) is 5.34. The number of pyridine rings is 1. The van der Waals surface area contributed by atoms with Crippen molar-refractivity contribution in [2.24, 2.45) is 5.92 Å². The highest BCUT2D eigenvalue weighted by Gasteiger charge is 2.22. The summed E-state index contributed by atoms with van der Waals surface area (Å²) in [4.78, 5) is 19.7. The molecule has 2 aromatic heterocycles. The third-order valence-electron chi connectivity index (χ3n) is 5.97. The van der Waals surface area contributed by atoms with E-state index in [1.165, 1.54) is 43.3 Å². The second kappa shape index (κ2) is 8.57. The zero-order chi connectivity index (χ0) is 21.4. The molecule has 0 bridgehead atoms. The van der Waals surface area contributed by atoms with E-state index in [1.807, 2.05) is 30.6 Å². The van der Waals surface area contributed by atoms with Crippen LogP contribution in [0.15, 0.2) is 53.7 Å². The van der Waals surface area contributed by atoms with E-state index in [9.17, 15) is 4.79 Å². The lowest BCUT2D eigenvalue weighted by molar-refractivity contribution is -0.115. The molecule has 4 heterocycles. The molecule has 0 unspecified atom stereocenters. The minimum Gasteiger partial charge on any atom is -0.307 e. The van der Waals surface area contributed by atoms with Gasteiger partial charge in [0.05, 0.1) is 16.8 Å². The van der Waals surface area contributed by atoms with Gasteiger partial charge in [0.15, 0.2) is 0 Å². The van der Waals surface area contributed by atoms with E-state index < -0.39 is 0 Å². The Kier molecular flexibility index (Phi) is 5.65. The van der Waals surface area contributed by atoms with E-state index in [4.69, 9.17) is 12.2 Å². The Morgan fingerprint density at radius 1 is 1.26 bits per heavy atom. The number of rotatable bonds is 4. The number of hydrogen-bond acceptors (Lipinski definition) is 5. The molecule has 0 spiro atoms. The third kappa shape index (κ3) is 4.44. The van der Waals surface area contributed by atoms with Crippen LogP contribution < -0.4 is 5.32 Å². The van der Waals surface area contributed by atoms with E-state index in [1.54, 1.807) is 0 Å². The summed E-state index contributed by atoms with van der Waals surface area (Å²) in [5.74, 6) is 0.704. The van der Waals surface area contributed by atoms with Gasteiger partial charge in [-0.25, -0.2) is 4.98 Å². The number of likely N-dealkylation sites (tertiary alicyclic amines) is 1. The van der Waals surface area contributed by atoms with Crippen LogP contribution in [0, 0.1) is 5.92 Å². The van der Waals surface area contributed by atoms with Gasteiger partial charge in [-0.05, 0) is 67.3 Å². The number of piperidine rings is 1. The fraction of sp³-hybridized carbons (Fsp3) is 0.292. The number of thioether (sulfide) groups is 1. The Labute approximate surface area is 191 Å². The lowest BCUT2D eigenvalue weighted by Crippen LogP contribution is -2.32. The van der Waals surface area contributed by atoms with Crippen molar-refractivity contribution in [1.82, 2.24) is 19.6 Å². The van der Waals surface area contributed by atoms with Crippen LogP contribution in [0.2, 0.25) is 0 Å². The monoisotopic (exact) mass is 448 g/mol. The number of amides is 1. The molecule has 2 aliphatic rings. The first-order chi connectivity index (χ1) is 15.0. The lowest BCUT2D eigenvalue weighted by Gasteiger charge is -2.30. The van der Waals surface area contributed by atoms with Crippen LogP contribution in [0.5, 0.6) is 0 Å². The summed E-state index contributed by atoms with van der Waals surface area (Å²) in [6, 6.07) is 12.7. The van der Waals surface area contributed by atoms with Crippen molar-refractivity contribution < 1.29 is 4.79 Å². The van der Waals surface area contributed by atoms with Crippen LogP contribution in [0.1, 0.15) is 30.9 Å². The maximum absolute atomic E-state index is 12.0. The fourth-order valence-corrected chi connectivity index (χ4v) is 5.22. The summed E-state index contributed by atoms with van der Waals surface area (Å²) in [7, 11) is 0. The maximum Gasteiger partial charge on any atom is 0.263 e. The van der Waals surface area contributed by atoms with E-state index in [0.29, 0.717) is 9.23 Å². The van der Waals surface area contributed by atoms with E-state index in [-0.39, 0.29) is 5.91 Å². The summed E-state index contributed by atoms with van der Waals surface area (Å²) >= 11 is 6.38. The minimum absolute atomic E-state index is 0.138. The topological polar surface area (TPSA) is 49.6 Å². The van der Waals surface area contributed by atoms with Gasteiger partial charge in [0.2, 0.25) is 0 Å². The predicted octanol–water partition coefficient (Wildman–Crippen LogP) is 4.72. The molecule has 3 aromatic rings. The van der Waals surface area contributed by atoms with Crippen LogP contribution in [-0.2, 0) is 11.3 Å². The van der Waals surface area contributed by atoms with Gasteiger partial charge in [-0.3, -0.25) is 14.1 Å². The standard InChI is InChI=1S/C24H24N4OS2/c1-16-7-9-27(10-8-16)14-17-3-2-4-19(11-17)20-13-25-22-6-5-18(15-28(20)22)12-21-23(29)26-24(30)31-21/h2-6,11-13,15-16H,7-10,14H2,1H3,(H,26,29,30)/b21-12-. The van der Waals surface area contributed by atoms with Crippen LogP contribution in [0.3, 0.4) is 0 Å². The number of fused-ring (bicyclic) bond motifs is 1. The highest BCUT2D eigenvalue weighted by molar-refractivity contribution is 8.26. The summed E-state index contributed by atoms with van der Waals surface area (Å²) in [5, 5.41) is 2.66. The molecule has 2 saturated heterocycles. The van der Waals surface area contributed by atoms with Gasteiger partial charge in [0.25, 0.3) is 5.91 Å². The highest BCUT2D eigenvalue weighted by atomic mass is 32.2. The molecular formula is C24H24N4OS2. The number of hydrogen-bond donors (Lipinski definition) is 1. The highest BCUT2D eigenvalue weighted by Crippen LogP contribution is 2.28. The first-order valence-electron chi connectivity index (χ1n) is 10.6. The molecule has 1 amide bonds. The average Bonchev–Trinajstić information content (AvgIpc) is 3.32. The number of nitrogens with one attached hydrogen (secondary N) is 1. The van der Waals surface area contributed by atoms with E-state index in [0.717, 1.165) is 34.9 Å². The molecule has 5 rings (SSSR count). The maximum atomic E-state index is 12.0. The summed E-state index contributed by atoms with van der Waals surface area (Å²) in [6.07, 6.45) is 8.38. The van der Waals surface area contributed by atoms with Crippen LogP contribution in [0.4, 0.5) is 0 Å². The van der Waals surface area contributed by atoms with Crippen molar-refractivity contribution in [3.05, 3.63) is 64.8 Å². The largest absolute Gasteiger partial charge is 0.307 e. The number of aromatic nitrogens is 2. The number of carbonyl (C=O) groups excluding carboxylic acids is 1. The lowest BCUT2D eigenvalue weighted by atomic mass is 9.98. The second-order valence-electron chi connectivity index (χ2n) is 8.35. The molecule has 5 nitrogen and oxygen atoms in total. The quantitative estimate of drug-likeness (QED) is 0.462. The van der Waals surface area contributed by atoms with Crippen LogP contribution in [-0.4, -0.2) is 37.6 Å². The Morgan fingerprint density at radius 3 is 2.87 bits per heavy atom. The Balaban J connectivity index is 1.43. The average molecular weight is 449 g/mol. The number of carbonyl (C=O) groups is 1. The molecular weight excluding hydrogens is 424 g/mol. The van der Waals surface area contributed by atoms with Crippen molar-refractivity contribution in [1.29, 1.82) is 0 Å². The van der Waals surface area contributed by atoms with Crippen molar-refractivity contribution >= 4 is 45.9 Å². The molecule has 1 aromatic carbocycles. The molecule has 0 atom stereocenters. The Morgan fingerprint density at radius 2 is 2.10 bits per heavy atom. The number of imidazole rings is 1. The van der Waals surface area contributed by atoms with Gasteiger partial charge < -0.3 is 5.32 Å². The third-order valence-corrected chi connectivity index (χ3v) is 7.14. The molecule has 2 aliphatic heterocycles. The zero-order valence-electron chi connectivity index (χ0n) is 17.4. The number of benzene rings is 1. The first-order valence-corrected chi connectivity index (χ1v) is 11.8. The second-order valence-corrected chi connectivity index (χ2v) is 10.1. The predicted molar refractivity (Wildman–Crippen MR) is 131 cm³/mol. The van der Waals surface area contributed by atoms with Crippen LogP contribution >= 0.6 is 24.0 Å². The first kappa shape index (κ1) is 20.4. The SMILES string of the molecule is CC1CCN(Cc2cccc(-c3cnc4ccc(/C=C5\SC(=S)NC5=O)cn34)c2)CC1. The van der Waals surface area contributed by atoms with Crippen LogP contribution in [0.25, 0.3) is 23.0 Å². The van der Waals surface area contributed by atoms with Crippen molar-refractivity contribution in [3.63, 3.8) is 0 Å². The van der Waals surface area contributed by atoms with Crippen molar-refractivity contribution in [2.45, 2.75) is 26.3 Å². The van der Waals surface area contributed by atoms with E-state index in [2.05, 4.69) is 50.8 Å². The fourth-order valence-electron chi connectivity index (χ4n) is 4.18. The molecule has 158 valence electrons. The van der Waals surface area contributed by atoms with Crippen molar-refractivity contribution in [2.75, 3.05) is 13.1 Å². The summed E-state index contributed by atoms with van der Waals surface area (Å²) < 4.78 is 2.59. The van der Waals surface area contributed by atoms with Gasteiger partial charge in [0, 0.05) is 18.3 Å². The minimum atomic E-state index is -0.138. The number of thiocarbonyl (C=S) groups is 1. The molecule has 0 aliphatic carbocycles. The van der Waals surface area contributed by atoms with Gasteiger partial charge in [-0.1, -0.05) is 49.1 Å². The van der Waals surface area contributed by atoms with Gasteiger partial charge in [-0.15, -0.1) is 0 Å². The molecule has 7 heteroatoms. The molecule has 31 heavy (non-hydrogen) atoms. The molecule has 0 radical (unpaired) electrons. The summed E-state index contributed by atoms with van der Waals surface area (Å²) in [6.45, 7) is 5.68. The molecule has 2 fully saturated rings. The van der Waals surface area contributed by atoms with Gasteiger partial charge >= 0.3 is 0 Å². The Bertz CT molecular complexity index is 1190. The van der Waals surface area contributed by atoms with Gasteiger partial charge in [0.1, 0.15) is 9.97 Å². The van der Waals surface area contributed by atoms with E-state index >= 15 is 0 Å². The smallest absolute Gasteiger partial charge is 0.263 e. The molecule has 0 saturated carbocycles. The van der Waals surface area contributed by atoms with Gasteiger partial charge in [-0.2, -0.15) is 0 Å². The zero-order valence-corrected chi connectivity index (χ0v) is 19.0. The molecule has 1 N–H and O–H groups in total. The van der Waals surface area contributed by atoms with Crippen molar-refractivity contribution in [3.8, 4) is 11.3 Å². The normalized spacial score (nSPS) is 19.5. The number of nitrogens with zero attached hydrogens (tertiary/aromatic N) is 3. The Hall–Kier alpha value is -2.48.